The van der Waals surface area contributed by atoms with Crippen LogP contribution in [0.2, 0.25) is 0 Å². The van der Waals surface area contributed by atoms with E-state index in [0.29, 0.717) is 0 Å². The summed E-state index contributed by atoms with van der Waals surface area (Å²) in [5, 5.41) is 2.89. The van der Waals surface area contributed by atoms with Crippen LogP contribution < -0.4 is 5.32 Å². The summed E-state index contributed by atoms with van der Waals surface area (Å²) >= 11 is 0. The fourth-order valence-electron chi connectivity index (χ4n) is 3.82. The highest BCUT2D eigenvalue weighted by Crippen LogP contribution is 2.30. The van der Waals surface area contributed by atoms with E-state index in [1.165, 1.54) is 17.0 Å². The summed E-state index contributed by atoms with van der Waals surface area (Å²) in [6.07, 6.45) is -0.238. The first-order valence-corrected chi connectivity index (χ1v) is 12.6. The number of hydrogen-bond acceptors (Lipinski definition) is 5. The van der Waals surface area contributed by atoms with Crippen molar-refractivity contribution in [2.45, 2.75) is 64.1 Å². The Kier molecular flexibility index (Phi) is 7.16. The number of rotatable bonds is 7. The quantitative estimate of drug-likeness (QED) is 0.650. The van der Waals surface area contributed by atoms with Crippen molar-refractivity contribution >= 4 is 27.7 Å². The number of amides is 3. The molecule has 34 heavy (non-hydrogen) atoms. The SMILES string of the molecule is Cc1ccccc1CN(C(=O)CCN1C(=O)c2ccccc2S1(=O)=O)C(C)C(=O)NC(C)(C)C. The average Bonchev–Trinajstić information content (AvgIpc) is 2.95. The molecule has 8 nitrogen and oxygen atoms in total. The van der Waals surface area contributed by atoms with Gasteiger partial charge in [-0.15, -0.1) is 0 Å². The van der Waals surface area contributed by atoms with Gasteiger partial charge in [0.1, 0.15) is 10.9 Å². The van der Waals surface area contributed by atoms with E-state index in [1.807, 2.05) is 52.0 Å². The van der Waals surface area contributed by atoms with E-state index in [0.717, 1.165) is 15.4 Å². The molecule has 0 radical (unpaired) electrons. The molecule has 2 aromatic carbocycles. The van der Waals surface area contributed by atoms with Crippen molar-refractivity contribution in [1.82, 2.24) is 14.5 Å². The lowest BCUT2D eigenvalue weighted by Gasteiger charge is -2.32. The third-order valence-corrected chi connectivity index (χ3v) is 7.55. The van der Waals surface area contributed by atoms with Gasteiger partial charge in [0.15, 0.2) is 0 Å². The van der Waals surface area contributed by atoms with E-state index in [4.69, 9.17) is 0 Å². The Morgan fingerprint density at radius 2 is 1.68 bits per heavy atom. The van der Waals surface area contributed by atoms with E-state index in [2.05, 4.69) is 5.32 Å². The standard InChI is InChI=1S/C25H31N3O5S/c1-17-10-6-7-11-19(17)16-27(18(2)23(30)26-25(3,4)5)22(29)14-15-28-24(31)20-12-8-9-13-21(20)34(28,32)33/h6-13,18H,14-16H2,1-5H3,(H,26,30). The first-order chi connectivity index (χ1) is 15.8. The normalized spacial score (nSPS) is 15.6. The van der Waals surface area contributed by atoms with Crippen molar-refractivity contribution in [3.8, 4) is 0 Å². The Labute approximate surface area is 201 Å². The van der Waals surface area contributed by atoms with E-state index < -0.39 is 33.4 Å². The molecule has 1 N–H and O–H groups in total. The number of benzene rings is 2. The fourth-order valence-corrected chi connectivity index (χ4v) is 5.39. The van der Waals surface area contributed by atoms with Crippen LogP contribution in [-0.4, -0.2) is 53.5 Å². The van der Waals surface area contributed by atoms with Crippen LogP contribution in [0, 0.1) is 6.92 Å². The summed E-state index contributed by atoms with van der Waals surface area (Å²) in [5.41, 5.74) is 1.47. The number of carbonyl (C=O) groups is 3. The number of hydrogen-bond donors (Lipinski definition) is 1. The van der Waals surface area contributed by atoms with E-state index in [1.54, 1.807) is 19.1 Å². The lowest BCUT2D eigenvalue weighted by atomic mass is 10.1. The van der Waals surface area contributed by atoms with Crippen LogP contribution in [0.4, 0.5) is 0 Å². The predicted octanol–water partition coefficient (Wildman–Crippen LogP) is 2.86. The van der Waals surface area contributed by atoms with Crippen molar-refractivity contribution < 1.29 is 22.8 Å². The van der Waals surface area contributed by atoms with Gasteiger partial charge in [0.25, 0.3) is 15.9 Å². The molecule has 1 unspecified atom stereocenters. The van der Waals surface area contributed by atoms with Gasteiger partial charge >= 0.3 is 0 Å². The van der Waals surface area contributed by atoms with Gasteiger partial charge in [0.2, 0.25) is 11.8 Å². The average molecular weight is 486 g/mol. The summed E-state index contributed by atoms with van der Waals surface area (Å²) in [7, 11) is -4.01. The Morgan fingerprint density at radius 3 is 2.29 bits per heavy atom. The maximum atomic E-state index is 13.3. The second-order valence-corrected chi connectivity index (χ2v) is 11.3. The molecule has 1 aliphatic rings. The molecule has 3 rings (SSSR count). The number of fused-ring (bicyclic) bond motifs is 1. The minimum Gasteiger partial charge on any atom is -0.350 e. The summed E-state index contributed by atoms with van der Waals surface area (Å²) in [4.78, 5) is 40.3. The maximum absolute atomic E-state index is 13.3. The number of carbonyl (C=O) groups excluding carboxylic acids is 3. The highest BCUT2D eigenvalue weighted by atomic mass is 32.2. The molecule has 1 aliphatic heterocycles. The molecule has 0 aliphatic carbocycles. The molecule has 9 heteroatoms. The van der Waals surface area contributed by atoms with Gasteiger partial charge in [-0.05, 0) is 57.9 Å². The lowest BCUT2D eigenvalue weighted by molar-refractivity contribution is -0.141. The monoisotopic (exact) mass is 485 g/mol. The molecule has 0 bridgehead atoms. The maximum Gasteiger partial charge on any atom is 0.269 e. The molecule has 0 fully saturated rings. The molecule has 0 saturated heterocycles. The molecular formula is C25H31N3O5S. The van der Waals surface area contributed by atoms with Crippen LogP contribution in [0.3, 0.4) is 0 Å². The number of nitrogens with zero attached hydrogens (tertiary/aromatic N) is 2. The van der Waals surface area contributed by atoms with Crippen LogP contribution >= 0.6 is 0 Å². The van der Waals surface area contributed by atoms with Gasteiger partial charge in [-0.2, -0.15) is 0 Å². The largest absolute Gasteiger partial charge is 0.350 e. The Bertz CT molecular complexity index is 1220. The second kappa shape index (κ2) is 9.58. The zero-order valence-electron chi connectivity index (χ0n) is 20.2. The molecule has 0 spiro atoms. The summed E-state index contributed by atoms with van der Waals surface area (Å²) in [6, 6.07) is 12.8. The fraction of sp³-hybridized carbons (Fsp3) is 0.400. The summed E-state index contributed by atoms with van der Waals surface area (Å²) < 4.78 is 26.4. The van der Waals surface area contributed by atoms with Crippen molar-refractivity contribution in [3.63, 3.8) is 0 Å². The van der Waals surface area contributed by atoms with Crippen LogP contribution in [0.5, 0.6) is 0 Å². The van der Waals surface area contributed by atoms with Crippen LogP contribution in [0.25, 0.3) is 0 Å². The van der Waals surface area contributed by atoms with Crippen LogP contribution in [-0.2, 0) is 26.2 Å². The molecule has 0 saturated carbocycles. The van der Waals surface area contributed by atoms with Crippen molar-refractivity contribution in [2.75, 3.05) is 6.54 Å². The first-order valence-electron chi connectivity index (χ1n) is 11.1. The Balaban J connectivity index is 1.82. The van der Waals surface area contributed by atoms with Crippen molar-refractivity contribution in [2.24, 2.45) is 0 Å². The minimum absolute atomic E-state index is 0.0536. The molecule has 1 atom stereocenters. The van der Waals surface area contributed by atoms with E-state index >= 15 is 0 Å². The van der Waals surface area contributed by atoms with Gasteiger partial charge in [0.05, 0.1) is 5.56 Å². The third kappa shape index (κ3) is 5.30. The van der Waals surface area contributed by atoms with Gasteiger partial charge in [-0.25, -0.2) is 12.7 Å². The Hall–Kier alpha value is -3.20. The topological polar surface area (TPSA) is 104 Å². The van der Waals surface area contributed by atoms with Crippen LogP contribution in [0.1, 0.15) is 55.6 Å². The number of nitrogens with one attached hydrogen (secondary N) is 1. The smallest absolute Gasteiger partial charge is 0.269 e. The molecular weight excluding hydrogens is 454 g/mol. The van der Waals surface area contributed by atoms with E-state index in [9.17, 15) is 22.8 Å². The molecule has 0 aromatic heterocycles. The lowest BCUT2D eigenvalue weighted by Crippen LogP contribution is -2.52. The van der Waals surface area contributed by atoms with Crippen molar-refractivity contribution in [1.29, 1.82) is 0 Å². The van der Waals surface area contributed by atoms with Gasteiger partial charge in [-0.3, -0.25) is 14.4 Å². The van der Waals surface area contributed by atoms with Crippen LogP contribution in [0.15, 0.2) is 53.4 Å². The second-order valence-electron chi connectivity index (χ2n) is 9.49. The minimum atomic E-state index is -4.01. The summed E-state index contributed by atoms with van der Waals surface area (Å²) in [5.74, 6) is -1.38. The molecule has 1 heterocycles. The Morgan fingerprint density at radius 1 is 1.06 bits per heavy atom. The number of sulfonamides is 1. The van der Waals surface area contributed by atoms with E-state index in [-0.39, 0.29) is 35.9 Å². The van der Waals surface area contributed by atoms with Crippen molar-refractivity contribution in [3.05, 3.63) is 65.2 Å². The van der Waals surface area contributed by atoms with Gasteiger partial charge in [0, 0.05) is 25.0 Å². The predicted molar refractivity (Wildman–Crippen MR) is 128 cm³/mol. The van der Waals surface area contributed by atoms with Gasteiger partial charge < -0.3 is 10.2 Å². The van der Waals surface area contributed by atoms with Gasteiger partial charge in [-0.1, -0.05) is 36.4 Å². The third-order valence-electron chi connectivity index (χ3n) is 5.71. The first kappa shape index (κ1) is 25.4. The molecule has 182 valence electrons. The summed E-state index contributed by atoms with van der Waals surface area (Å²) in [6.45, 7) is 9.01. The molecule has 2 aromatic rings. The highest BCUT2D eigenvalue weighted by molar-refractivity contribution is 7.90. The molecule has 3 amide bonds. The highest BCUT2D eigenvalue weighted by Gasteiger charge is 2.41. The zero-order valence-corrected chi connectivity index (χ0v) is 21.0. The zero-order chi connectivity index (χ0) is 25.3. The number of aryl methyl sites for hydroxylation is 1.